The van der Waals surface area contributed by atoms with Gasteiger partial charge in [-0.3, -0.25) is 4.79 Å². The summed E-state index contributed by atoms with van der Waals surface area (Å²) in [7, 11) is 0. The molecular weight excluding hydrogens is 268 g/mol. The molecule has 1 aliphatic heterocycles. The van der Waals surface area contributed by atoms with E-state index in [2.05, 4.69) is 16.8 Å². The van der Waals surface area contributed by atoms with Gasteiger partial charge in [-0.15, -0.1) is 0 Å². The average molecular weight is 288 g/mol. The van der Waals surface area contributed by atoms with E-state index in [-0.39, 0.29) is 24.7 Å². The van der Waals surface area contributed by atoms with Gasteiger partial charge in [0.15, 0.2) is 0 Å². The van der Waals surface area contributed by atoms with Gasteiger partial charge in [0.25, 0.3) is 5.91 Å². The standard InChI is InChI=1S/C16H20N2O3/c1-12-10-18(11-13(2)21-12)16(20)15-14(6-3-4-9-19)7-5-8-17-15/h5,7-8,12-13,19H,4,9-11H2,1-2H3/t12-,13+. The molecule has 1 amide bonds. The van der Waals surface area contributed by atoms with Crippen molar-refractivity contribution in [3.8, 4) is 11.8 Å². The quantitative estimate of drug-likeness (QED) is 0.827. The average Bonchev–Trinajstić information content (AvgIpc) is 2.46. The Balaban J connectivity index is 2.21. The lowest BCUT2D eigenvalue weighted by molar-refractivity contribution is -0.0587. The van der Waals surface area contributed by atoms with Crippen LogP contribution in [-0.2, 0) is 4.74 Å². The molecule has 5 nitrogen and oxygen atoms in total. The summed E-state index contributed by atoms with van der Waals surface area (Å²) in [4.78, 5) is 18.6. The van der Waals surface area contributed by atoms with Gasteiger partial charge in [0.05, 0.1) is 24.4 Å². The summed E-state index contributed by atoms with van der Waals surface area (Å²) < 4.78 is 5.64. The molecule has 112 valence electrons. The van der Waals surface area contributed by atoms with Crippen molar-refractivity contribution in [1.82, 2.24) is 9.88 Å². The van der Waals surface area contributed by atoms with Crippen LogP contribution in [0.25, 0.3) is 0 Å². The Morgan fingerprint density at radius 3 is 2.86 bits per heavy atom. The van der Waals surface area contributed by atoms with Crippen LogP contribution in [0, 0.1) is 11.8 Å². The van der Waals surface area contributed by atoms with Crippen molar-refractivity contribution >= 4 is 5.91 Å². The summed E-state index contributed by atoms with van der Waals surface area (Å²) >= 11 is 0. The number of amides is 1. The minimum Gasteiger partial charge on any atom is -0.395 e. The van der Waals surface area contributed by atoms with Crippen molar-refractivity contribution in [2.45, 2.75) is 32.5 Å². The van der Waals surface area contributed by atoms with Crippen LogP contribution in [0.2, 0.25) is 0 Å². The summed E-state index contributed by atoms with van der Waals surface area (Å²) in [6.07, 6.45) is 2.02. The van der Waals surface area contributed by atoms with E-state index >= 15 is 0 Å². The van der Waals surface area contributed by atoms with E-state index in [4.69, 9.17) is 9.84 Å². The lowest BCUT2D eigenvalue weighted by atomic mass is 10.1. The summed E-state index contributed by atoms with van der Waals surface area (Å²) in [6, 6.07) is 3.53. The number of ether oxygens (including phenoxy) is 1. The smallest absolute Gasteiger partial charge is 0.273 e. The second-order valence-electron chi connectivity index (χ2n) is 5.14. The third-order valence-corrected chi connectivity index (χ3v) is 3.18. The molecule has 0 spiro atoms. The number of hydrogen-bond acceptors (Lipinski definition) is 4. The summed E-state index contributed by atoms with van der Waals surface area (Å²) in [5.74, 6) is 5.62. The van der Waals surface area contributed by atoms with Gasteiger partial charge in [-0.05, 0) is 26.0 Å². The number of hydrogen-bond donors (Lipinski definition) is 1. The molecule has 2 rings (SSSR count). The number of aliphatic hydroxyl groups is 1. The number of rotatable bonds is 2. The second kappa shape index (κ2) is 7.21. The van der Waals surface area contributed by atoms with Crippen LogP contribution in [0.3, 0.4) is 0 Å². The van der Waals surface area contributed by atoms with Gasteiger partial charge < -0.3 is 14.7 Å². The van der Waals surface area contributed by atoms with E-state index < -0.39 is 0 Å². The number of carbonyl (C=O) groups is 1. The van der Waals surface area contributed by atoms with E-state index in [1.54, 1.807) is 23.2 Å². The molecule has 1 aromatic heterocycles. The van der Waals surface area contributed by atoms with Crippen LogP contribution < -0.4 is 0 Å². The Morgan fingerprint density at radius 1 is 1.48 bits per heavy atom. The van der Waals surface area contributed by atoms with Crippen molar-refractivity contribution in [3.05, 3.63) is 29.6 Å². The number of aliphatic hydroxyl groups excluding tert-OH is 1. The van der Waals surface area contributed by atoms with Crippen molar-refractivity contribution in [1.29, 1.82) is 0 Å². The molecule has 0 aromatic carbocycles. The monoisotopic (exact) mass is 288 g/mol. The van der Waals surface area contributed by atoms with Crippen LogP contribution in [-0.4, -0.2) is 52.8 Å². The van der Waals surface area contributed by atoms with Gasteiger partial charge >= 0.3 is 0 Å². The molecular formula is C16H20N2O3. The molecule has 1 saturated heterocycles. The summed E-state index contributed by atoms with van der Waals surface area (Å²) in [5.41, 5.74) is 0.965. The highest BCUT2D eigenvalue weighted by Gasteiger charge is 2.28. The molecule has 0 saturated carbocycles. The molecule has 1 N–H and O–H groups in total. The van der Waals surface area contributed by atoms with Crippen LogP contribution in [0.1, 0.15) is 36.3 Å². The van der Waals surface area contributed by atoms with E-state index in [1.807, 2.05) is 13.8 Å². The number of aromatic nitrogens is 1. The lowest BCUT2D eigenvalue weighted by Gasteiger charge is -2.35. The van der Waals surface area contributed by atoms with Gasteiger partial charge in [-0.25, -0.2) is 4.98 Å². The zero-order chi connectivity index (χ0) is 15.2. The molecule has 0 bridgehead atoms. The van der Waals surface area contributed by atoms with Gasteiger partial charge in [0.2, 0.25) is 0 Å². The predicted molar refractivity (Wildman–Crippen MR) is 78.7 cm³/mol. The predicted octanol–water partition coefficient (Wildman–Crippen LogP) is 1.06. The molecule has 1 aromatic rings. The zero-order valence-electron chi connectivity index (χ0n) is 12.4. The number of nitrogens with zero attached hydrogens (tertiary/aromatic N) is 2. The van der Waals surface area contributed by atoms with E-state index in [9.17, 15) is 4.79 Å². The molecule has 1 fully saturated rings. The Bertz CT molecular complexity index is 552. The minimum atomic E-state index is -0.120. The molecule has 0 aliphatic carbocycles. The third-order valence-electron chi connectivity index (χ3n) is 3.18. The van der Waals surface area contributed by atoms with E-state index in [1.165, 1.54) is 0 Å². The highest BCUT2D eigenvalue weighted by Crippen LogP contribution is 2.15. The van der Waals surface area contributed by atoms with E-state index in [0.717, 1.165) is 0 Å². The summed E-state index contributed by atoms with van der Waals surface area (Å²) in [6.45, 7) is 5.04. The fraction of sp³-hybridized carbons (Fsp3) is 0.500. The number of morpholine rings is 1. The Labute approximate surface area is 124 Å². The first-order valence-corrected chi connectivity index (χ1v) is 7.11. The molecule has 1 aliphatic rings. The zero-order valence-corrected chi connectivity index (χ0v) is 12.4. The molecule has 0 unspecified atom stereocenters. The van der Waals surface area contributed by atoms with E-state index in [0.29, 0.717) is 30.8 Å². The normalized spacial score (nSPS) is 21.6. The third kappa shape index (κ3) is 4.03. The lowest BCUT2D eigenvalue weighted by Crippen LogP contribution is -2.48. The van der Waals surface area contributed by atoms with Crippen molar-refractivity contribution in [3.63, 3.8) is 0 Å². The SMILES string of the molecule is C[C@@H]1CN(C(=O)c2ncccc2C#CCCO)C[C@H](C)O1. The first-order valence-electron chi connectivity index (χ1n) is 7.11. The van der Waals surface area contributed by atoms with Crippen LogP contribution in [0.4, 0.5) is 0 Å². The van der Waals surface area contributed by atoms with Crippen molar-refractivity contribution < 1.29 is 14.6 Å². The molecule has 2 heterocycles. The summed E-state index contributed by atoms with van der Waals surface area (Å²) in [5, 5.41) is 8.78. The first-order chi connectivity index (χ1) is 10.1. The van der Waals surface area contributed by atoms with Crippen molar-refractivity contribution in [2.75, 3.05) is 19.7 Å². The maximum atomic E-state index is 12.6. The largest absolute Gasteiger partial charge is 0.395 e. The number of carbonyl (C=O) groups excluding carboxylic acids is 1. The van der Waals surface area contributed by atoms with Gasteiger partial charge in [-0.1, -0.05) is 11.8 Å². The van der Waals surface area contributed by atoms with Crippen molar-refractivity contribution in [2.24, 2.45) is 0 Å². The Morgan fingerprint density at radius 2 is 2.19 bits per heavy atom. The fourth-order valence-corrected chi connectivity index (χ4v) is 2.38. The Kier molecular flexibility index (Phi) is 5.32. The van der Waals surface area contributed by atoms with Crippen LogP contribution >= 0.6 is 0 Å². The topological polar surface area (TPSA) is 62.7 Å². The van der Waals surface area contributed by atoms with Gasteiger partial charge in [0.1, 0.15) is 5.69 Å². The van der Waals surface area contributed by atoms with Crippen LogP contribution in [0.5, 0.6) is 0 Å². The Hall–Kier alpha value is -1.90. The molecule has 0 radical (unpaired) electrons. The highest BCUT2D eigenvalue weighted by atomic mass is 16.5. The molecule has 2 atom stereocenters. The molecule has 21 heavy (non-hydrogen) atoms. The highest BCUT2D eigenvalue weighted by molar-refractivity contribution is 5.94. The fourth-order valence-electron chi connectivity index (χ4n) is 2.38. The van der Waals surface area contributed by atoms with Gasteiger partial charge in [0, 0.05) is 25.7 Å². The van der Waals surface area contributed by atoms with Crippen LogP contribution in [0.15, 0.2) is 18.3 Å². The maximum Gasteiger partial charge on any atom is 0.273 e. The number of pyridine rings is 1. The maximum absolute atomic E-state index is 12.6. The molecule has 5 heteroatoms. The minimum absolute atomic E-state index is 0.00896. The second-order valence-corrected chi connectivity index (χ2v) is 5.14. The first kappa shape index (κ1) is 15.5. The van der Waals surface area contributed by atoms with Gasteiger partial charge in [-0.2, -0.15) is 0 Å².